The summed E-state index contributed by atoms with van der Waals surface area (Å²) in [6.07, 6.45) is 6.10. The zero-order valence-corrected chi connectivity index (χ0v) is 12.4. The van der Waals surface area contributed by atoms with Gasteiger partial charge >= 0.3 is 0 Å². The first-order chi connectivity index (χ1) is 9.60. The average molecular weight is 281 g/mol. The quantitative estimate of drug-likeness (QED) is 0.811. The zero-order valence-electron chi connectivity index (χ0n) is 12.4. The van der Waals surface area contributed by atoms with Gasteiger partial charge in [-0.25, -0.2) is 0 Å². The molecule has 2 rings (SSSR count). The molecule has 3 N–H and O–H groups in total. The number of nitrogens with one attached hydrogen (secondary N) is 1. The lowest BCUT2D eigenvalue weighted by Gasteiger charge is -2.36. The van der Waals surface area contributed by atoms with Crippen molar-refractivity contribution in [2.24, 2.45) is 11.7 Å². The molecule has 1 aliphatic heterocycles. The Bertz CT molecular complexity index is 343. The summed E-state index contributed by atoms with van der Waals surface area (Å²) in [5.74, 6) is 0.588. The van der Waals surface area contributed by atoms with E-state index in [4.69, 9.17) is 5.73 Å². The summed E-state index contributed by atoms with van der Waals surface area (Å²) in [6.45, 7) is 3.41. The van der Waals surface area contributed by atoms with Crippen LogP contribution in [0.3, 0.4) is 0 Å². The van der Waals surface area contributed by atoms with Gasteiger partial charge in [0.15, 0.2) is 0 Å². The van der Waals surface area contributed by atoms with Crippen LogP contribution in [0.25, 0.3) is 0 Å². The van der Waals surface area contributed by atoms with Crippen molar-refractivity contribution < 1.29 is 9.59 Å². The molecule has 2 fully saturated rings. The SMILES string of the molecule is CCC(=O)NC1CCN(C(=O)C2CCC(N)CC2)CC1. The molecule has 0 bridgehead atoms. The molecule has 0 unspecified atom stereocenters. The highest BCUT2D eigenvalue weighted by atomic mass is 16.2. The maximum absolute atomic E-state index is 12.4. The summed E-state index contributed by atoms with van der Waals surface area (Å²) in [5.41, 5.74) is 5.89. The molecule has 1 saturated heterocycles. The van der Waals surface area contributed by atoms with Crippen LogP contribution in [0.1, 0.15) is 51.9 Å². The third kappa shape index (κ3) is 3.95. The Labute approximate surface area is 121 Å². The van der Waals surface area contributed by atoms with Crippen LogP contribution in [0.2, 0.25) is 0 Å². The molecule has 0 atom stereocenters. The van der Waals surface area contributed by atoms with Crippen LogP contribution >= 0.6 is 0 Å². The number of carbonyl (C=O) groups is 2. The fourth-order valence-electron chi connectivity index (χ4n) is 3.20. The van der Waals surface area contributed by atoms with Gasteiger partial charge in [0.2, 0.25) is 11.8 Å². The maximum atomic E-state index is 12.4. The van der Waals surface area contributed by atoms with E-state index in [9.17, 15) is 9.59 Å². The van der Waals surface area contributed by atoms with Crippen molar-refractivity contribution in [2.75, 3.05) is 13.1 Å². The van der Waals surface area contributed by atoms with Crippen molar-refractivity contribution in [1.29, 1.82) is 0 Å². The number of likely N-dealkylation sites (tertiary alicyclic amines) is 1. The van der Waals surface area contributed by atoms with Gasteiger partial charge in [0.05, 0.1) is 0 Å². The Kier molecular flexibility index (Phi) is 5.40. The van der Waals surface area contributed by atoms with Gasteiger partial charge in [-0.2, -0.15) is 0 Å². The predicted octanol–water partition coefficient (Wildman–Crippen LogP) is 1.02. The minimum absolute atomic E-state index is 0.107. The highest BCUT2D eigenvalue weighted by Gasteiger charge is 2.30. The molecule has 0 aromatic rings. The Balaban J connectivity index is 1.75. The van der Waals surface area contributed by atoms with E-state index in [1.54, 1.807) is 0 Å². The van der Waals surface area contributed by atoms with E-state index in [2.05, 4.69) is 5.32 Å². The maximum Gasteiger partial charge on any atom is 0.225 e. The average Bonchev–Trinajstić information content (AvgIpc) is 2.48. The van der Waals surface area contributed by atoms with E-state index < -0.39 is 0 Å². The Morgan fingerprint density at radius 1 is 1.10 bits per heavy atom. The Morgan fingerprint density at radius 3 is 2.25 bits per heavy atom. The normalized spacial score (nSPS) is 28.2. The Morgan fingerprint density at radius 2 is 1.70 bits per heavy atom. The molecule has 2 aliphatic rings. The number of hydrogen-bond acceptors (Lipinski definition) is 3. The number of amides is 2. The van der Waals surface area contributed by atoms with Crippen molar-refractivity contribution in [3.8, 4) is 0 Å². The van der Waals surface area contributed by atoms with Crippen LogP contribution < -0.4 is 11.1 Å². The fraction of sp³-hybridized carbons (Fsp3) is 0.867. The van der Waals surface area contributed by atoms with Gasteiger partial charge in [0, 0.05) is 37.5 Å². The zero-order chi connectivity index (χ0) is 14.5. The van der Waals surface area contributed by atoms with E-state index in [-0.39, 0.29) is 23.9 Å². The molecule has 5 heteroatoms. The number of nitrogens with two attached hydrogens (primary N) is 1. The summed E-state index contributed by atoms with van der Waals surface area (Å²) in [7, 11) is 0. The van der Waals surface area contributed by atoms with Gasteiger partial charge in [-0.3, -0.25) is 9.59 Å². The second kappa shape index (κ2) is 7.07. The summed E-state index contributed by atoms with van der Waals surface area (Å²) in [6, 6.07) is 0.528. The number of hydrogen-bond donors (Lipinski definition) is 2. The summed E-state index contributed by atoms with van der Waals surface area (Å²) in [4.78, 5) is 25.8. The first-order valence-electron chi connectivity index (χ1n) is 7.94. The van der Waals surface area contributed by atoms with Crippen molar-refractivity contribution in [1.82, 2.24) is 10.2 Å². The van der Waals surface area contributed by atoms with Gasteiger partial charge in [-0.05, 0) is 38.5 Å². The van der Waals surface area contributed by atoms with Gasteiger partial charge in [-0.1, -0.05) is 6.92 Å². The van der Waals surface area contributed by atoms with Crippen LogP contribution in [0.15, 0.2) is 0 Å². The number of nitrogens with zero attached hydrogens (tertiary/aromatic N) is 1. The van der Waals surface area contributed by atoms with Gasteiger partial charge in [-0.15, -0.1) is 0 Å². The summed E-state index contributed by atoms with van der Waals surface area (Å²) in [5, 5.41) is 3.02. The molecule has 1 aliphatic carbocycles. The van der Waals surface area contributed by atoms with Gasteiger partial charge in [0.25, 0.3) is 0 Å². The van der Waals surface area contributed by atoms with Crippen LogP contribution in [-0.4, -0.2) is 41.9 Å². The second-order valence-corrected chi connectivity index (χ2v) is 6.13. The molecule has 0 radical (unpaired) electrons. The minimum Gasteiger partial charge on any atom is -0.353 e. The lowest BCUT2D eigenvalue weighted by molar-refractivity contribution is -0.137. The third-order valence-corrected chi connectivity index (χ3v) is 4.61. The monoisotopic (exact) mass is 281 g/mol. The minimum atomic E-state index is 0.107. The first kappa shape index (κ1) is 15.3. The first-order valence-corrected chi connectivity index (χ1v) is 7.94. The van der Waals surface area contributed by atoms with Crippen LogP contribution in [-0.2, 0) is 9.59 Å². The van der Waals surface area contributed by atoms with E-state index in [1.165, 1.54) is 0 Å². The molecule has 1 heterocycles. The molecule has 2 amide bonds. The van der Waals surface area contributed by atoms with Crippen molar-refractivity contribution in [2.45, 2.75) is 64.0 Å². The van der Waals surface area contributed by atoms with Crippen LogP contribution in [0.4, 0.5) is 0 Å². The summed E-state index contributed by atoms with van der Waals surface area (Å²) < 4.78 is 0. The number of piperidine rings is 1. The highest BCUT2D eigenvalue weighted by Crippen LogP contribution is 2.26. The fourth-order valence-corrected chi connectivity index (χ4v) is 3.20. The van der Waals surface area contributed by atoms with E-state index in [0.29, 0.717) is 12.3 Å². The van der Waals surface area contributed by atoms with E-state index in [1.807, 2.05) is 11.8 Å². The van der Waals surface area contributed by atoms with Crippen molar-refractivity contribution in [3.63, 3.8) is 0 Å². The molecule has 0 spiro atoms. The third-order valence-electron chi connectivity index (χ3n) is 4.61. The molecule has 0 aromatic carbocycles. The molecule has 0 aromatic heterocycles. The van der Waals surface area contributed by atoms with Crippen molar-refractivity contribution >= 4 is 11.8 Å². The standard InChI is InChI=1S/C15H27N3O2/c1-2-14(19)17-13-7-9-18(10-8-13)15(20)11-3-5-12(16)6-4-11/h11-13H,2-10,16H2,1H3,(H,17,19). The Hall–Kier alpha value is -1.10. The van der Waals surface area contributed by atoms with E-state index in [0.717, 1.165) is 51.6 Å². The van der Waals surface area contributed by atoms with Crippen LogP contribution in [0, 0.1) is 5.92 Å². The van der Waals surface area contributed by atoms with Gasteiger partial charge < -0.3 is 16.0 Å². The predicted molar refractivity (Wildman–Crippen MR) is 78.0 cm³/mol. The van der Waals surface area contributed by atoms with Gasteiger partial charge in [0.1, 0.15) is 0 Å². The van der Waals surface area contributed by atoms with E-state index >= 15 is 0 Å². The molecular formula is C15H27N3O2. The molecule has 114 valence electrons. The smallest absolute Gasteiger partial charge is 0.225 e. The topological polar surface area (TPSA) is 75.4 Å². The number of carbonyl (C=O) groups excluding carboxylic acids is 2. The lowest BCUT2D eigenvalue weighted by Crippen LogP contribution is -2.48. The molecule has 1 saturated carbocycles. The lowest BCUT2D eigenvalue weighted by atomic mass is 9.85. The number of rotatable bonds is 3. The van der Waals surface area contributed by atoms with Crippen molar-refractivity contribution in [3.05, 3.63) is 0 Å². The second-order valence-electron chi connectivity index (χ2n) is 6.13. The largest absolute Gasteiger partial charge is 0.353 e. The molecule has 5 nitrogen and oxygen atoms in total. The molecule has 20 heavy (non-hydrogen) atoms. The van der Waals surface area contributed by atoms with Crippen LogP contribution in [0.5, 0.6) is 0 Å². The summed E-state index contributed by atoms with van der Waals surface area (Å²) >= 11 is 0. The molecular weight excluding hydrogens is 254 g/mol. The highest BCUT2D eigenvalue weighted by molar-refractivity contribution is 5.79.